The quantitative estimate of drug-likeness (QED) is 0.684. The molecule has 2 aromatic rings. The highest BCUT2D eigenvalue weighted by atomic mass is 35.5. The molecule has 0 bridgehead atoms. The number of anilines is 1. The average Bonchev–Trinajstić information content (AvgIpc) is 2.46. The van der Waals surface area contributed by atoms with Gasteiger partial charge in [0.2, 0.25) is 0 Å². The Labute approximate surface area is 126 Å². The van der Waals surface area contributed by atoms with Crippen molar-refractivity contribution >= 4 is 23.3 Å². The zero-order valence-corrected chi connectivity index (χ0v) is 12.0. The minimum Gasteiger partial charge on any atom is -0.462 e. The first-order valence-electron chi connectivity index (χ1n) is 6.21. The van der Waals surface area contributed by atoms with Gasteiger partial charge in [0.15, 0.2) is 17.3 Å². The van der Waals surface area contributed by atoms with Crippen LogP contribution in [-0.2, 0) is 4.74 Å². The van der Waals surface area contributed by atoms with Crippen LogP contribution in [0.5, 0.6) is 11.5 Å². The Kier molecular flexibility index (Phi) is 4.65. The minimum absolute atomic E-state index is 0.0624. The Hall–Kier alpha value is -2.27. The Morgan fingerprint density at radius 3 is 2.76 bits per heavy atom. The number of carbonyl (C=O) groups is 1. The van der Waals surface area contributed by atoms with Crippen molar-refractivity contribution in [2.75, 3.05) is 12.3 Å². The molecule has 2 rings (SSSR count). The summed E-state index contributed by atoms with van der Waals surface area (Å²) >= 11 is 5.68. The summed E-state index contributed by atoms with van der Waals surface area (Å²) in [6.07, 6.45) is 0. The summed E-state index contributed by atoms with van der Waals surface area (Å²) < 4.78 is 24.1. The second-order valence-electron chi connectivity index (χ2n) is 4.13. The van der Waals surface area contributed by atoms with Gasteiger partial charge in [0.05, 0.1) is 22.9 Å². The lowest BCUT2D eigenvalue weighted by atomic mass is 10.2. The highest BCUT2D eigenvalue weighted by molar-refractivity contribution is 6.30. The molecule has 0 aliphatic carbocycles. The molecule has 0 radical (unpaired) electrons. The fraction of sp³-hybridized carbons (Fsp3) is 0.133. The zero-order chi connectivity index (χ0) is 15.4. The first-order chi connectivity index (χ1) is 10.0. The molecular formula is C15H13ClFNO3. The number of carbonyl (C=O) groups excluding carboxylic acids is 1. The second kappa shape index (κ2) is 6.45. The van der Waals surface area contributed by atoms with Crippen LogP contribution in [-0.4, -0.2) is 12.6 Å². The minimum atomic E-state index is -0.694. The van der Waals surface area contributed by atoms with E-state index in [0.29, 0.717) is 0 Å². The standard InChI is InChI=1S/C15H13ClFNO3/c1-2-20-15(19)9-6-7-11(18)13(8-9)21-12-5-3-4-10(16)14(12)17/h3-8H,2,18H2,1H3. The number of esters is 1. The van der Waals surface area contributed by atoms with Gasteiger partial charge in [-0.25, -0.2) is 9.18 Å². The molecule has 6 heteroatoms. The maximum atomic E-state index is 13.8. The van der Waals surface area contributed by atoms with Gasteiger partial charge in [-0.3, -0.25) is 0 Å². The van der Waals surface area contributed by atoms with Crippen molar-refractivity contribution in [3.8, 4) is 11.5 Å². The van der Waals surface area contributed by atoms with Crippen LogP contribution >= 0.6 is 11.6 Å². The summed E-state index contributed by atoms with van der Waals surface area (Å²) in [4.78, 5) is 11.7. The maximum Gasteiger partial charge on any atom is 0.338 e. The van der Waals surface area contributed by atoms with Gasteiger partial charge in [0, 0.05) is 0 Å². The van der Waals surface area contributed by atoms with Crippen LogP contribution in [0.15, 0.2) is 36.4 Å². The molecule has 0 saturated carbocycles. The van der Waals surface area contributed by atoms with Gasteiger partial charge in [-0.1, -0.05) is 17.7 Å². The molecule has 21 heavy (non-hydrogen) atoms. The Balaban J connectivity index is 2.33. The summed E-state index contributed by atoms with van der Waals surface area (Å²) in [5.41, 5.74) is 6.30. The van der Waals surface area contributed by atoms with Crippen LogP contribution < -0.4 is 10.5 Å². The number of hydrogen-bond donors (Lipinski definition) is 1. The molecule has 2 N–H and O–H groups in total. The van der Waals surface area contributed by atoms with E-state index in [-0.39, 0.29) is 34.4 Å². The Morgan fingerprint density at radius 2 is 2.05 bits per heavy atom. The van der Waals surface area contributed by atoms with Crippen molar-refractivity contribution in [1.29, 1.82) is 0 Å². The van der Waals surface area contributed by atoms with Gasteiger partial charge in [-0.2, -0.15) is 0 Å². The van der Waals surface area contributed by atoms with E-state index in [9.17, 15) is 9.18 Å². The Bertz CT molecular complexity index is 676. The largest absolute Gasteiger partial charge is 0.462 e. The number of hydrogen-bond acceptors (Lipinski definition) is 4. The normalized spacial score (nSPS) is 10.2. The van der Waals surface area contributed by atoms with Gasteiger partial charge in [0.1, 0.15) is 0 Å². The molecule has 0 fully saturated rings. The molecule has 0 spiro atoms. The van der Waals surface area contributed by atoms with Gasteiger partial charge in [0.25, 0.3) is 0 Å². The predicted molar refractivity (Wildman–Crippen MR) is 78.3 cm³/mol. The van der Waals surface area contributed by atoms with E-state index in [4.69, 9.17) is 26.8 Å². The fourth-order valence-corrected chi connectivity index (χ4v) is 1.81. The average molecular weight is 310 g/mol. The van der Waals surface area contributed by atoms with Gasteiger partial charge in [-0.05, 0) is 37.3 Å². The van der Waals surface area contributed by atoms with Crippen molar-refractivity contribution in [2.24, 2.45) is 0 Å². The van der Waals surface area contributed by atoms with E-state index in [1.54, 1.807) is 13.0 Å². The Morgan fingerprint density at radius 1 is 1.29 bits per heavy atom. The zero-order valence-electron chi connectivity index (χ0n) is 11.2. The van der Waals surface area contributed by atoms with Crippen molar-refractivity contribution in [3.63, 3.8) is 0 Å². The van der Waals surface area contributed by atoms with E-state index < -0.39 is 11.8 Å². The highest BCUT2D eigenvalue weighted by Crippen LogP contribution is 2.32. The topological polar surface area (TPSA) is 61.5 Å². The van der Waals surface area contributed by atoms with Crippen LogP contribution in [0.3, 0.4) is 0 Å². The number of rotatable bonds is 4. The van der Waals surface area contributed by atoms with E-state index in [0.717, 1.165) is 0 Å². The van der Waals surface area contributed by atoms with Crippen LogP contribution in [0.25, 0.3) is 0 Å². The molecule has 0 heterocycles. The first kappa shape index (κ1) is 15.1. The molecule has 0 saturated heterocycles. The van der Waals surface area contributed by atoms with Crippen LogP contribution in [0.1, 0.15) is 17.3 Å². The fourth-order valence-electron chi connectivity index (χ4n) is 1.65. The third kappa shape index (κ3) is 3.44. The molecule has 0 aliphatic heterocycles. The molecule has 0 unspecified atom stereocenters. The summed E-state index contributed by atoms with van der Waals surface area (Å²) in [5.74, 6) is -1.12. The number of benzene rings is 2. The van der Waals surface area contributed by atoms with Crippen molar-refractivity contribution in [3.05, 3.63) is 52.8 Å². The molecule has 4 nitrogen and oxygen atoms in total. The second-order valence-corrected chi connectivity index (χ2v) is 4.53. The molecule has 110 valence electrons. The highest BCUT2D eigenvalue weighted by Gasteiger charge is 2.13. The number of halogens is 2. The predicted octanol–water partition coefficient (Wildman–Crippen LogP) is 4.03. The smallest absolute Gasteiger partial charge is 0.338 e. The van der Waals surface area contributed by atoms with Crippen molar-refractivity contribution in [2.45, 2.75) is 6.92 Å². The third-order valence-electron chi connectivity index (χ3n) is 2.66. The summed E-state index contributed by atoms with van der Waals surface area (Å²) in [6, 6.07) is 8.76. The van der Waals surface area contributed by atoms with Crippen molar-refractivity contribution < 1.29 is 18.7 Å². The SMILES string of the molecule is CCOC(=O)c1ccc(N)c(Oc2cccc(Cl)c2F)c1. The van der Waals surface area contributed by atoms with E-state index in [1.807, 2.05) is 0 Å². The maximum absolute atomic E-state index is 13.8. The third-order valence-corrected chi connectivity index (χ3v) is 2.95. The monoisotopic (exact) mass is 309 g/mol. The number of ether oxygens (including phenoxy) is 2. The van der Waals surface area contributed by atoms with Gasteiger partial charge >= 0.3 is 5.97 Å². The van der Waals surface area contributed by atoms with Crippen LogP contribution in [0.4, 0.5) is 10.1 Å². The summed E-state index contributed by atoms with van der Waals surface area (Å²) in [7, 11) is 0. The summed E-state index contributed by atoms with van der Waals surface area (Å²) in [6.45, 7) is 1.95. The lowest BCUT2D eigenvalue weighted by Crippen LogP contribution is -2.05. The lowest BCUT2D eigenvalue weighted by Gasteiger charge is -2.11. The first-order valence-corrected chi connectivity index (χ1v) is 6.59. The van der Waals surface area contributed by atoms with Gasteiger partial charge in [-0.15, -0.1) is 0 Å². The molecule has 0 amide bonds. The van der Waals surface area contributed by atoms with E-state index >= 15 is 0 Å². The molecule has 0 aromatic heterocycles. The van der Waals surface area contributed by atoms with E-state index in [1.165, 1.54) is 30.3 Å². The summed E-state index contributed by atoms with van der Waals surface area (Å²) in [5, 5.41) is -0.0624. The molecule has 0 atom stereocenters. The van der Waals surface area contributed by atoms with E-state index in [2.05, 4.69) is 0 Å². The van der Waals surface area contributed by atoms with Crippen LogP contribution in [0.2, 0.25) is 5.02 Å². The molecule has 2 aromatic carbocycles. The lowest BCUT2D eigenvalue weighted by molar-refractivity contribution is 0.0526. The number of nitrogen functional groups attached to an aromatic ring is 1. The van der Waals surface area contributed by atoms with Crippen molar-refractivity contribution in [1.82, 2.24) is 0 Å². The molecular weight excluding hydrogens is 297 g/mol. The van der Waals surface area contributed by atoms with Crippen LogP contribution in [0, 0.1) is 5.82 Å². The molecule has 0 aliphatic rings. The van der Waals surface area contributed by atoms with Gasteiger partial charge < -0.3 is 15.2 Å². The number of nitrogens with two attached hydrogens (primary N) is 1.